The predicted molar refractivity (Wildman–Crippen MR) is 110 cm³/mol. The molecule has 9 nitrogen and oxygen atoms in total. The number of anilines is 1. The van der Waals surface area contributed by atoms with Crippen LogP contribution in [-0.2, 0) is 35.7 Å². The van der Waals surface area contributed by atoms with Crippen molar-refractivity contribution in [3.05, 3.63) is 40.6 Å². The van der Waals surface area contributed by atoms with E-state index in [9.17, 15) is 18.0 Å². The lowest BCUT2D eigenvalue weighted by Gasteiger charge is -2.14. The normalized spacial score (nSPS) is 19.5. The fraction of sp³-hybridized carbons (Fsp3) is 0.450. The van der Waals surface area contributed by atoms with Gasteiger partial charge in [0.2, 0.25) is 0 Å². The Labute approximate surface area is 174 Å². The number of sulfone groups is 1. The van der Waals surface area contributed by atoms with E-state index in [0.717, 1.165) is 24.0 Å². The second-order valence-electron chi connectivity index (χ2n) is 7.81. The van der Waals surface area contributed by atoms with Gasteiger partial charge in [0.15, 0.2) is 9.84 Å². The van der Waals surface area contributed by atoms with Gasteiger partial charge in [0.05, 0.1) is 29.0 Å². The summed E-state index contributed by atoms with van der Waals surface area (Å²) in [7, 11) is -3.32. The molecule has 2 aromatic rings. The third-order valence-electron chi connectivity index (χ3n) is 5.32. The van der Waals surface area contributed by atoms with Gasteiger partial charge < -0.3 is 15.4 Å². The quantitative estimate of drug-likeness (QED) is 0.700. The molecule has 1 aromatic heterocycles. The van der Waals surface area contributed by atoms with Gasteiger partial charge in [-0.25, -0.2) is 13.1 Å². The second-order valence-corrected chi connectivity index (χ2v) is 9.87. The van der Waals surface area contributed by atoms with Gasteiger partial charge in [0.25, 0.3) is 0 Å². The molecule has 30 heavy (non-hydrogen) atoms. The molecule has 2 aliphatic heterocycles. The Morgan fingerprint density at radius 3 is 2.73 bits per heavy atom. The Kier molecular flexibility index (Phi) is 5.37. The van der Waals surface area contributed by atoms with Crippen LogP contribution in [0.1, 0.15) is 35.2 Å². The van der Waals surface area contributed by atoms with Crippen LogP contribution in [0.25, 0.3) is 5.69 Å². The Balaban J connectivity index is 1.61. The van der Waals surface area contributed by atoms with Crippen LogP contribution in [0.5, 0.6) is 0 Å². The maximum Gasteiger partial charge on any atom is 0.314 e. The van der Waals surface area contributed by atoms with E-state index in [1.165, 1.54) is 4.68 Å². The van der Waals surface area contributed by atoms with Crippen LogP contribution >= 0.6 is 0 Å². The lowest BCUT2D eigenvalue weighted by atomic mass is 10.1. The summed E-state index contributed by atoms with van der Waals surface area (Å²) in [5, 5.41) is 9.60. The maximum atomic E-state index is 12.5. The number of rotatable bonds is 4. The average molecular weight is 433 g/mol. The van der Waals surface area contributed by atoms with Gasteiger partial charge in [-0.1, -0.05) is 17.7 Å². The molecule has 1 saturated heterocycles. The number of ether oxygens (including phenoxy) is 1. The zero-order valence-electron chi connectivity index (χ0n) is 16.9. The summed E-state index contributed by atoms with van der Waals surface area (Å²) in [5.41, 5.74) is 3.51. The fourth-order valence-electron chi connectivity index (χ4n) is 3.84. The topological polar surface area (TPSA) is 119 Å². The van der Waals surface area contributed by atoms with E-state index >= 15 is 0 Å². The first-order valence-electron chi connectivity index (χ1n) is 9.83. The van der Waals surface area contributed by atoms with Crippen LogP contribution in [0.3, 0.4) is 0 Å². The summed E-state index contributed by atoms with van der Waals surface area (Å²) in [5.74, 6) is -1.86. The molecule has 0 radical (unpaired) electrons. The largest absolute Gasteiger partial charge is 0.376 e. The first kappa shape index (κ1) is 20.5. The number of amides is 2. The van der Waals surface area contributed by atoms with E-state index in [1.807, 2.05) is 32.0 Å². The SMILES string of the molecule is Cc1ccc(-n2nc3c(c2NC(=O)C(=O)NC[C@@H]2CCCO2)CS(=O)(=O)C3)c(C)c1. The Morgan fingerprint density at radius 2 is 2.03 bits per heavy atom. The third kappa shape index (κ3) is 4.10. The highest BCUT2D eigenvalue weighted by Gasteiger charge is 2.34. The fourth-order valence-corrected chi connectivity index (χ4v) is 5.34. The molecule has 1 atom stereocenters. The summed E-state index contributed by atoms with van der Waals surface area (Å²) in [4.78, 5) is 24.8. The number of hydrogen-bond acceptors (Lipinski definition) is 6. The van der Waals surface area contributed by atoms with Gasteiger partial charge in [-0.05, 0) is 38.3 Å². The van der Waals surface area contributed by atoms with Gasteiger partial charge in [-0.15, -0.1) is 0 Å². The highest BCUT2D eigenvalue weighted by Crippen LogP contribution is 2.33. The number of nitrogens with zero attached hydrogens (tertiary/aromatic N) is 2. The number of fused-ring (bicyclic) bond motifs is 1. The lowest BCUT2D eigenvalue weighted by Crippen LogP contribution is -2.39. The van der Waals surface area contributed by atoms with Crippen molar-refractivity contribution in [1.82, 2.24) is 15.1 Å². The van der Waals surface area contributed by atoms with Crippen LogP contribution in [0, 0.1) is 13.8 Å². The molecule has 10 heteroatoms. The van der Waals surface area contributed by atoms with Crippen molar-refractivity contribution in [2.75, 3.05) is 18.5 Å². The van der Waals surface area contributed by atoms with Gasteiger partial charge in [-0.3, -0.25) is 9.59 Å². The van der Waals surface area contributed by atoms with E-state index in [-0.39, 0.29) is 30.0 Å². The second kappa shape index (κ2) is 7.84. The first-order chi connectivity index (χ1) is 14.2. The van der Waals surface area contributed by atoms with Crippen LogP contribution in [0.2, 0.25) is 0 Å². The number of benzene rings is 1. The van der Waals surface area contributed by atoms with Crippen LogP contribution in [0.15, 0.2) is 18.2 Å². The minimum absolute atomic E-state index is 0.0862. The van der Waals surface area contributed by atoms with Gasteiger partial charge in [0.1, 0.15) is 5.82 Å². The van der Waals surface area contributed by atoms with Crippen LogP contribution in [0.4, 0.5) is 5.82 Å². The predicted octanol–water partition coefficient (Wildman–Crippen LogP) is 1.15. The minimum atomic E-state index is -3.32. The van der Waals surface area contributed by atoms with Crippen LogP contribution < -0.4 is 10.6 Å². The summed E-state index contributed by atoms with van der Waals surface area (Å²) < 4.78 is 31.1. The smallest absolute Gasteiger partial charge is 0.314 e. The number of carbonyl (C=O) groups is 2. The van der Waals surface area contributed by atoms with Crippen molar-refractivity contribution in [3.63, 3.8) is 0 Å². The maximum absolute atomic E-state index is 12.5. The molecule has 0 unspecified atom stereocenters. The van der Waals surface area contributed by atoms with E-state index in [4.69, 9.17) is 4.74 Å². The molecule has 0 bridgehead atoms. The zero-order chi connectivity index (χ0) is 21.5. The molecule has 160 valence electrons. The van der Waals surface area contributed by atoms with E-state index in [2.05, 4.69) is 15.7 Å². The number of carbonyl (C=O) groups excluding carboxylic acids is 2. The Hall–Kier alpha value is -2.72. The number of aryl methyl sites for hydroxylation is 2. The monoisotopic (exact) mass is 432 g/mol. The van der Waals surface area contributed by atoms with E-state index < -0.39 is 21.7 Å². The molecule has 2 amide bonds. The Bertz CT molecular complexity index is 1120. The third-order valence-corrected chi connectivity index (χ3v) is 6.76. The van der Waals surface area contributed by atoms with Crippen molar-refractivity contribution >= 4 is 27.5 Å². The lowest BCUT2D eigenvalue weighted by molar-refractivity contribution is -0.136. The molecule has 0 saturated carbocycles. The van der Waals surface area contributed by atoms with Crippen molar-refractivity contribution in [1.29, 1.82) is 0 Å². The molecular weight excluding hydrogens is 408 g/mol. The van der Waals surface area contributed by atoms with E-state index in [0.29, 0.717) is 23.6 Å². The summed E-state index contributed by atoms with van der Waals surface area (Å²) >= 11 is 0. The van der Waals surface area contributed by atoms with Crippen molar-refractivity contribution in [3.8, 4) is 5.69 Å². The summed E-state index contributed by atoms with van der Waals surface area (Å²) in [6.45, 7) is 4.79. The van der Waals surface area contributed by atoms with Gasteiger partial charge in [0, 0.05) is 18.7 Å². The van der Waals surface area contributed by atoms with Crippen molar-refractivity contribution in [2.24, 2.45) is 0 Å². The molecule has 3 heterocycles. The molecule has 1 aromatic carbocycles. The van der Waals surface area contributed by atoms with E-state index in [1.54, 1.807) is 0 Å². The molecule has 4 rings (SSSR count). The zero-order valence-corrected chi connectivity index (χ0v) is 17.7. The summed E-state index contributed by atoms with van der Waals surface area (Å²) in [6.07, 6.45) is 1.69. The first-order valence-corrected chi connectivity index (χ1v) is 11.7. The van der Waals surface area contributed by atoms with Gasteiger partial charge in [-0.2, -0.15) is 5.10 Å². The van der Waals surface area contributed by atoms with Crippen molar-refractivity contribution in [2.45, 2.75) is 44.3 Å². The Morgan fingerprint density at radius 1 is 1.23 bits per heavy atom. The van der Waals surface area contributed by atoms with Gasteiger partial charge >= 0.3 is 11.8 Å². The molecule has 0 spiro atoms. The highest BCUT2D eigenvalue weighted by atomic mass is 32.2. The molecule has 2 aliphatic rings. The standard InChI is InChI=1S/C20H24N4O5S/c1-12-5-6-17(13(2)8-12)24-18(15-10-30(27,28)11-16(15)23-24)22-20(26)19(25)21-9-14-4-3-7-29-14/h5-6,8,14H,3-4,7,9-11H2,1-2H3,(H,21,25)(H,22,26)/t14-/m0/s1. The number of aromatic nitrogens is 2. The van der Waals surface area contributed by atoms with Crippen molar-refractivity contribution < 1.29 is 22.7 Å². The highest BCUT2D eigenvalue weighted by molar-refractivity contribution is 7.90. The minimum Gasteiger partial charge on any atom is -0.376 e. The number of nitrogens with one attached hydrogen (secondary N) is 2. The molecule has 1 fully saturated rings. The number of hydrogen-bond donors (Lipinski definition) is 2. The van der Waals surface area contributed by atoms with Crippen LogP contribution in [-0.4, -0.2) is 49.3 Å². The molecule has 2 N–H and O–H groups in total. The molecule has 0 aliphatic carbocycles. The summed E-state index contributed by atoms with van der Waals surface area (Å²) in [6, 6.07) is 5.74. The molecular formula is C20H24N4O5S. The average Bonchev–Trinajstić information content (AvgIpc) is 3.36.